The zero-order valence-electron chi connectivity index (χ0n) is 17.4. The van der Waals surface area contributed by atoms with Crippen molar-refractivity contribution in [2.75, 3.05) is 5.32 Å². The maximum atomic E-state index is 13.9. The molecule has 33 heavy (non-hydrogen) atoms. The Morgan fingerprint density at radius 3 is 2.30 bits per heavy atom. The molecule has 5 nitrogen and oxygen atoms in total. The van der Waals surface area contributed by atoms with E-state index in [1.165, 1.54) is 0 Å². The first-order valence-corrected chi connectivity index (χ1v) is 10.2. The fourth-order valence-electron chi connectivity index (χ4n) is 3.82. The van der Waals surface area contributed by atoms with Crippen molar-refractivity contribution < 1.29 is 31.9 Å². The summed E-state index contributed by atoms with van der Waals surface area (Å²) in [4.78, 5) is 21.5. The van der Waals surface area contributed by atoms with Crippen LogP contribution in [0.15, 0.2) is 18.2 Å². The molecular formula is C23H18F5N3O2. The number of nitrogens with zero attached hydrogens (tertiary/aromatic N) is 2. The number of nitrogens with one attached hydrogen (secondary N) is 1. The van der Waals surface area contributed by atoms with Crippen LogP contribution < -0.4 is 5.32 Å². The van der Waals surface area contributed by atoms with Gasteiger partial charge < -0.3 is 10.4 Å². The molecule has 0 unspecified atom stereocenters. The van der Waals surface area contributed by atoms with E-state index < -0.39 is 47.0 Å². The number of carbonyl (C=O) groups excluding carboxylic acids is 1. The van der Waals surface area contributed by atoms with Crippen LogP contribution in [0.1, 0.15) is 35.0 Å². The second-order valence-electron chi connectivity index (χ2n) is 7.59. The van der Waals surface area contributed by atoms with Gasteiger partial charge in [0.15, 0.2) is 29.1 Å². The predicted octanol–water partition coefficient (Wildman–Crippen LogP) is 4.17. The van der Waals surface area contributed by atoms with Crippen LogP contribution in [0, 0.1) is 29.1 Å². The average molecular weight is 463 g/mol. The van der Waals surface area contributed by atoms with Gasteiger partial charge in [-0.3, -0.25) is 4.79 Å². The fourth-order valence-corrected chi connectivity index (χ4v) is 3.82. The highest BCUT2D eigenvalue weighted by molar-refractivity contribution is 5.92. The van der Waals surface area contributed by atoms with Crippen LogP contribution in [0.4, 0.5) is 27.8 Å². The third-order valence-electron chi connectivity index (χ3n) is 5.51. The number of rotatable bonds is 5. The molecule has 1 heterocycles. The largest absolute Gasteiger partial charge is 0.392 e. The second-order valence-corrected chi connectivity index (χ2v) is 7.59. The summed E-state index contributed by atoms with van der Waals surface area (Å²) >= 11 is 0. The number of carbonyl (C=O) groups is 1. The van der Waals surface area contributed by atoms with Gasteiger partial charge in [0.25, 0.3) is 0 Å². The first-order chi connectivity index (χ1) is 15.7. The highest BCUT2D eigenvalue weighted by atomic mass is 19.2. The molecule has 10 heteroatoms. The minimum absolute atomic E-state index is 0.0700. The summed E-state index contributed by atoms with van der Waals surface area (Å²) in [5, 5.41) is 11.7. The molecule has 0 radical (unpaired) electrons. The summed E-state index contributed by atoms with van der Waals surface area (Å²) in [6.45, 7) is 1.69. The topological polar surface area (TPSA) is 75.1 Å². The number of aryl methyl sites for hydroxylation is 3. The second kappa shape index (κ2) is 8.86. The van der Waals surface area contributed by atoms with Crippen molar-refractivity contribution in [2.45, 2.75) is 39.2 Å². The maximum absolute atomic E-state index is 13.9. The van der Waals surface area contributed by atoms with Crippen LogP contribution in [0.25, 0.3) is 11.3 Å². The van der Waals surface area contributed by atoms with Gasteiger partial charge in [0.2, 0.25) is 11.7 Å². The van der Waals surface area contributed by atoms with Gasteiger partial charge in [0, 0.05) is 11.1 Å². The zero-order chi connectivity index (χ0) is 23.9. The first kappa shape index (κ1) is 22.8. The summed E-state index contributed by atoms with van der Waals surface area (Å²) in [5.74, 6) is -11.5. The third-order valence-corrected chi connectivity index (χ3v) is 5.51. The molecule has 1 amide bonds. The number of aliphatic hydroxyl groups is 1. The van der Waals surface area contributed by atoms with Gasteiger partial charge in [-0.15, -0.1) is 0 Å². The summed E-state index contributed by atoms with van der Waals surface area (Å²) in [6, 6.07) is 5.51. The molecule has 0 atom stereocenters. The lowest BCUT2D eigenvalue weighted by Crippen LogP contribution is -2.21. The summed E-state index contributed by atoms with van der Waals surface area (Å²) in [6.07, 6.45) is 0.436. The summed E-state index contributed by atoms with van der Waals surface area (Å²) in [7, 11) is 0. The number of aliphatic hydroxyl groups excluding tert-OH is 1. The lowest BCUT2D eigenvalue weighted by molar-refractivity contribution is -0.115. The quantitative estimate of drug-likeness (QED) is 0.338. The van der Waals surface area contributed by atoms with Crippen molar-refractivity contribution >= 4 is 11.7 Å². The van der Waals surface area contributed by atoms with Crippen LogP contribution in [0.2, 0.25) is 0 Å². The van der Waals surface area contributed by atoms with E-state index in [9.17, 15) is 31.9 Å². The van der Waals surface area contributed by atoms with Crippen molar-refractivity contribution in [3.63, 3.8) is 0 Å². The zero-order valence-corrected chi connectivity index (χ0v) is 17.4. The van der Waals surface area contributed by atoms with Crippen LogP contribution in [0.3, 0.4) is 0 Å². The summed E-state index contributed by atoms with van der Waals surface area (Å²) in [5.41, 5.74) is 3.06. The molecule has 0 fully saturated rings. The molecule has 2 N–H and O–H groups in total. The van der Waals surface area contributed by atoms with Crippen LogP contribution in [-0.4, -0.2) is 21.0 Å². The molecular weight excluding hydrogens is 445 g/mol. The number of fused-ring (bicyclic) bond motifs is 3. The average Bonchev–Trinajstić information content (AvgIpc) is 2.83. The standard InChI is InChI=1S/C23H18F5N3O2/c1-2-14-23(31-16(33)8-13-17(24)19(26)21(28)20(27)18(13)25)30-15-6-4-11-7-10(9-32)3-5-12(11)22(15)29-14/h3,5,7,32H,2,4,6,8-9H2,1H3,(H,30,31,33). The van der Waals surface area contributed by atoms with Gasteiger partial charge in [0.05, 0.1) is 30.1 Å². The molecule has 1 aromatic heterocycles. The van der Waals surface area contributed by atoms with Gasteiger partial charge >= 0.3 is 0 Å². The van der Waals surface area contributed by atoms with Crippen LogP contribution in [-0.2, 0) is 37.1 Å². The highest BCUT2D eigenvalue weighted by Gasteiger charge is 2.28. The predicted molar refractivity (Wildman–Crippen MR) is 109 cm³/mol. The minimum Gasteiger partial charge on any atom is -0.392 e. The minimum atomic E-state index is -2.28. The molecule has 0 spiro atoms. The first-order valence-electron chi connectivity index (χ1n) is 10.2. The number of anilines is 1. The van der Waals surface area contributed by atoms with Gasteiger partial charge in [-0.25, -0.2) is 31.9 Å². The Morgan fingerprint density at radius 1 is 1.00 bits per heavy atom. The van der Waals surface area contributed by atoms with E-state index in [1.807, 2.05) is 12.1 Å². The third kappa shape index (κ3) is 4.06. The molecule has 3 aromatic rings. The van der Waals surface area contributed by atoms with Gasteiger partial charge in [-0.1, -0.05) is 25.1 Å². The van der Waals surface area contributed by atoms with Gasteiger partial charge in [-0.2, -0.15) is 0 Å². The number of hydrogen-bond acceptors (Lipinski definition) is 4. The summed E-state index contributed by atoms with van der Waals surface area (Å²) < 4.78 is 67.9. The Morgan fingerprint density at radius 2 is 1.67 bits per heavy atom. The van der Waals surface area contributed by atoms with E-state index in [4.69, 9.17) is 0 Å². The van der Waals surface area contributed by atoms with E-state index in [0.29, 0.717) is 36.3 Å². The van der Waals surface area contributed by atoms with Crippen molar-refractivity contribution in [1.82, 2.24) is 9.97 Å². The SMILES string of the molecule is CCc1nc2c(nc1NC(=O)Cc1c(F)c(F)c(F)c(F)c1F)CCc1cc(CO)ccc1-2. The van der Waals surface area contributed by atoms with Crippen molar-refractivity contribution in [3.8, 4) is 11.3 Å². The monoisotopic (exact) mass is 463 g/mol. The van der Waals surface area contributed by atoms with E-state index >= 15 is 0 Å². The lowest BCUT2D eigenvalue weighted by atomic mass is 9.90. The van der Waals surface area contributed by atoms with E-state index in [2.05, 4.69) is 15.3 Å². The number of benzene rings is 2. The number of halogens is 5. The van der Waals surface area contributed by atoms with Crippen molar-refractivity contribution in [1.29, 1.82) is 0 Å². The molecule has 0 aliphatic heterocycles. The molecule has 2 aromatic carbocycles. The van der Waals surface area contributed by atoms with Crippen LogP contribution >= 0.6 is 0 Å². The Hall–Kier alpha value is -3.40. The normalized spacial score (nSPS) is 12.3. The molecule has 1 aliphatic carbocycles. The highest BCUT2D eigenvalue weighted by Crippen LogP contribution is 2.33. The van der Waals surface area contributed by atoms with E-state index in [0.717, 1.165) is 16.7 Å². The fraction of sp³-hybridized carbons (Fsp3) is 0.261. The van der Waals surface area contributed by atoms with Crippen molar-refractivity contribution in [3.05, 3.63) is 75.4 Å². The molecule has 0 saturated carbocycles. The Balaban J connectivity index is 1.64. The Bertz CT molecular complexity index is 1250. The van der Waals surface area contributed by atoms with E-state index in [-0.39, 0.29) is 12.4 Å². The van der Waals surface area contributed by atoms with Gasteiger partial charge in [0.1, 0.15) is 0 Å². The van der Waals surface area contributed by atoms with Crippen LogP contribution in [0.5, 0.6) is 0 Å². The molecule has 0 saturated heterocycles. The number of hydrogen-bond donors (Lipinski definition) is 2. The number of aromatic nitrogens is 2. The molecule has 4 rings (SSSR count). The lowest BCUT2D eigenvalue weighted by Gasteiger charge is -2.21. The number of amides is 1. The Kier molecular flexibility index (Phi) is 6.11. The Labute approximate surface area is 185 Å². The molecule has 0 bridgehead atoms. The molecule has 1 aliphatic rings. The maximum Gasteiger partial charge on any atom is 0.230 e. The smallest absolute Gasteiger partial charge is 0.230 e. The van der Waals surface area contributed by atoms with E-state index in [1.54, 1.807) is 13.0 Å². The molecule has 172 valence electrons. The van der Waals surface area contributed by atoms with Crippen molar-refractivity contribution in [2.24, 2.45) is 0 Å². The van der Waals surface area contributed by atoms with Gasteiger partial charge in [-0.05, 0) is 30.4 Å².